The lowest BCUT2D eigenvalue weighted by molar-refractivity contribution is 0.623. The van der Waals surface area contributed by atoms with Crippen LogP contribution in [0.25, 0.3) is 0 Å². The molecule has 0 saturated heterocycles. The lowest BCUT2D eigenvalue weighted by Gasteiger charge is -2.14. The Kier molecular flexibility index (Phi) is 5.62. The Bertz CT molecular complexity index is 676. The van der Waals surface area contributed by atoms with Crippen molar-refractivity contribution in [3.8, 4) is 0 Å². The number of benzene rings is 2. The second-order valence-electron chi connectivity index (χ2n) is 5.98. The molecule has 23 heavy (non-hydrogen) atoms. The fourth-order valence-electron chi connectivity index (χ4n) is 2.55. The van der Waals surface area contributed by atoms with Crippen LogP contribution in [0.5, 0.6) is 0 Å². The first kappa shape index (κ1) is 17.7. The molecule has 0 aromatic heterocycles. The van der Waals surface area contributed by atoms with E-state index in [0.717, 1.165) is 24.1 Å². The Morgan fingerprint density at radius 3 is 2.30 bits per heavy atom. The summed E-state index contributed by atoms with van der Waals surface area (Å²) in [5.41, 5.74) is 9.27. The van der Waals surface area contributed by atoms with Crippen molar-refractivity contribution in [1.82, 2.24) is 0 Å². The lowest BCUT2D eigenvalue weighted by atomic mass is 9.96. The van der Waals surface area contributed by atoms with Gasteiger partial charge in [-0.25, -0.2) is 4.39 Å². The fraction of sp³-hybridized carbons (Fsp3) is 0.278. The molecule has 2 aromatic rings. The predicted molar refractivity (Wildman–Crippen MR) is 104 cm³/mol. The fourth-order valence-corrected chi connectivity index (χ4v) is 2.55. The lowest BCUT2D eigenvalue weighted by Crippen LogP contribution is -2.24. The van der Waals surface area contributed by atoms with E-state index in [4.69, 9.17) is 5.73 Å². The molecule has 5 heteroatoms. The van der Waals surface area contributed by atoms with Gasteiger partial charge in [0.25, 0.3) is 0 Å². The molecule has 1 fully saturated rings. The average molecular weight is 425 g/mol. The molecule has 0 aliphatic heterocycles. The van der Waals surface area contributed by atoms with Gasteiger partial charge in [0.05, 0.1) is 6.54 Å². The van der Waals surface area contributed by atoms with E-state index in [2.05, 4.69) is 10.3 Å². The van der Waals surface area contributed by atoms with Gasteiger partial charge in [-0.1, -0.05) is 29.8 Å². The SMILES string of the molecule is Cc1ccc(NC(N)=NCC2(c3ccc(F)cc3)CC2)cc1.I. The second kappa shape index (κ2) is 7.29. The van der Waals surface area contributed by atoms with Crippen LogP contribution in [0.3, 0.4) is 0 Å². The van der Waals surface area contributed by atoms with Crippen molar-refractivity contribution in [2.75, 3.05) is 11.9 Å². The van der Waals surface area contributed by atoms with E-state index in [0.29, 0.717) is 12.5 Å². The maximum Gasteiger partial charge on any atom is 0.193 e. The average Bonchev–Trinajstić information content (AvgIpc) is 3.30. The highest BCUT2D eigenvalue weighted by atomic mass is 127. The van der Waals surface area contributed by atoms with Gasteiger partial charge in [0, 0.05) is 11.1 Å². The van der Waals surface area contributed by atoms with Crippen LogP contribution in [0.4, 0.5) is 10.1 Å². The van der Waals surface area contributed by atoms with E-state index in [1.807, 2.05) is 43.3 Å². The summed E-state index contributed by atoms with van der Waals surface area (Å²) >= 11 is 0. The molecule has 1 saturated carbocycles. The van der Waals surface area contributed by atoms with E-state index in [1.54, 1.807) is 0 Å². The molecule has 1 aliphatic carbocycles. The van der Waals surface area contributed by atoms with Crippen LogP contribution >= 0.6 is 24.0 Å². The Balaban J connectivity index is 0.00000192. The van der Waals surface area contributed by atoms with Gasteiger partial charge in [-0.05, 0) is 49.6 Å². The smallest absolute Gasteiger partial charge is 0.193 e. The van der Waals surface area contributed by atoms with Crippen molar-refractivity contribution < 1.29 is 4.39 Å². The first-order valence-electron chi connectivity index (χ1n) is 7.47. The van der Waals surface area contributed by atoms with Crippen LogP contribution < -0.4 is 11.1 Å². The number of aliphatic imine (C=N–C) groups is 1. The maximum absolute atomic E-state index is 13.0. The molecule has 0 radical (unpaired) electrons. The summed E-state index contributed by atoms with van der Waals surface area (Å²) < 4.78 is 13.0. The van der Waals surface area contributed by atoms with Crippen molar-refractivity contribution in [3.63, 3.8) is 0 Å². The van der Waals surface area contributed by atoms with Gasteiger partial charge >= 0.3 is 0 Å². The van der Waals surface area contributed by atoms with Crippen LogP contribution in [0, 0.1) is 12.7 Å². The summed E-state index contributed by atoms with van der Waals surface area (Å²) in [6.07, 6.45) is 2.14. The van der Waals surface area contributed by atoms with Crippen molar-refractivity contribution in [2.24, 2.45) is 10.7 Å². The predicted octanol–water partition coefficient (Wildman–Crippen LogP) is 4.21. The zero-order chi connectivity index (χ0) is 15.6. The quantitative estimate of drug-likeness (QED) is 0.438. The van der Waals surface area contributed by atoms with Crippen LogP contribution in [0.1, 0.15) is 24.0 Å². The number of rotatable bonds is 4. The van der Waals surface area contributed by atoms with E-state index in [1.165, 1.54) is 17.7 Å². The van der Waals surface area contributed by atoms with Crippen LogP contribution in [-0.4, -0.2) is 12.5 Å². The number of anilines is 1. The van der Waals surface area contributed by atoms with E-state index in [-0.39, 0.29) is 35.2 Å². The summed E-state index contributed by atoms with van der Waals surface area (Å²) in [6.45, 7) is 2.67. The number of guanidine groups is 1. The largest absolute Gasteiger partial charge is 0.370 e. The summed E-state index contributed by atoms with van der Waals surface area (Å²) in [4.78, 5) is 4.46. The molecule has 3 nitrogen and oxygen atoms in total. The van der Waals surface area contributed by atoms with Gasteiger partial charge < -0.3 is 11.1 Å². The molecular formula is C18H21FIN3. The molecule has 3 N–H and O–H groups in total. The maximum atomic E-state index is 13.0. The molecule has 0 atom stereocenters. The number of aryl methyl sites for hydroxylation is 1. The van der Waals surface area contributed by atoms with E-state index >= 15 is 0 Å². The standard InChI is InChI=1S/C18H20FN3.HI/c1-13-2-8-16(9-3-13)22-17(20)21-12-18(10-11-18)14-4-6-15(19)7-5-14;/h2-9H,10-12H2,1H3,(H3,20,21,22);1H. The molecule has 0 heterocycles. The zero-order valence-electron chi connectivity index (χ0n) is 13.1. The minimum absolute atomic E-state index is 0. The summed E-state index contributed by atoms with van der Waals surface area (Å²) in [5.74, 6) is 0.209. The molecule has 0 amide bonds. The minimum Gasteiger partial charge on any atom is -0.370 e. The second-order valence-corrected chi connectivity index (χ2v) is 5.98. The van der Waals surface area contributed by atoms with Gasteiger partial charge in [0.1, 0.15) is 5.82 Å². The van der Waals surface area contributed by atoms with Crippen molar-refractivity contribution in [1.29, 1.82) is 0 Å². The van der Waals surface area contributed by atoms with Gasteiger partial charge in [0.15, 0.2) is 5.96 Å². The highest BCUT2D eigenvalue weighted by Gasteiger charge is 2.44. The molecule has 0 bridgehead atoms. The van der Waals surface area contributed by atoms with Gasteiger partial charge in [-0.3, -0.25) is 4.99 Å². The van der Waals surface area contributed by atoms with Gasteiger partial charge in [0.2, 0.25) is 0 Å². The van der Waals surface area contributed by atoms with Crippen molar-refractivity contribution in [2.45, 2.75) is 25.2 Å². The summed E-state index contributed by atoms with van der Waals surface area (Å²) in [7, 11) is 0. The van der Waals surface area contributed by atoms with Gasteiger partial charge in [-0.2, -0.15) is 0 Å². The molecular weight excluding hydrogens is 404 g/mol. The molecule has 0 unspecified atom stereocenters. The molecule has 122 valence electrons. The van der Waals surface area contributed by atoms with E-state index < -0.39 is 0 Å². The highest BCUT2D eigenvalue weighted by molar-refractivity contribution is 14.0. The number of nitrogens with zero attached hydrogens (tertiary/aromatic N) is 1. The Morgan fingerprint density at radius 1 is 1.13 bits per heavy atom. The molecule has 2 aromatic carbocycles. The summed E-state index contributed by atoms with van der Waals surface area (Å²) in [5, 5.41) is 3.10. The zero-order valence-corrected chi connectivity index (χ0v) is 15.4. The molecule has 0 spiro atoms. The Hall–Kier alpha value is -1.63. The highest BCUT2D eigenvalue weighted by Crippen LogP contribution is 2.48. The van der Waals surface area contributed by atoms with Crippen LogP contribution in [0.15, 0.2) is 53.5 Å². The number of hydrogen-bond acceptors (Lipinski definition) is 1. The third-order valence-corrected chi connectivity index (χ3v) is 4.19. The summed E-state index contributed by atoms with van der Waals surface area (Å²) in [6, 6.07) is 14.7. The van der Waals surface area contributed by atoms with Gasteiger partial charge in [-0.15, -0.1) is 24.0 Å². The third kappa shape index (κ3) is 4.43. The monoisotopic (exact) mass is 425 g/mol. The third-order valence-electron chi connectivity index (χ3n) is 4.19. The minimum atomic E-state index is -0.205. The Morgan fingerprint density at radius 2 is 1.74 bits per heavy atom. The van der Waals surface area contributed by atoms with Crippen LogP contribution in [0.2, 0.25) is 0 Å². The first-order valence-corrected chi connectivity index (χ1v) is 7.47. The first-order chi connectivity index (χ1) is 10.6. The molecule has 1 aliphatic rings. The van der Waals surface area contributed by atoms with Crippen molar-refractivity contribution in [3.05, 3.63) is 65.5 Å². The molecule has 3 rings (SSSR count). The van der Waals surface area contributed by atoms with E-state index in [9.17, 15) is 4.39 Å². The van der Waals surface area contributed by atoms with Crippen LogP contribution in [-0.2, 0) is 5.41 Å². The number of hydrogen-bond donors (Lipinski definition) is 2. The Labute approximate surface area is 153 Å². The van der Waals surface area contributed by atoms with Crippen molar-refractivity contribution >= 4 is 35.6 Å². The number of nitrogens with two attached hydrogens (primary N) is 1. The normalized spacial score (nSPS) is 15.7. The topological polar surface area (TPSA) is 50.4 Å². The number of nitrogens with one attached hydrogen (secondary N) is 1. The number of halogens is 2.